The second kappa shape index (κ2) is 4.33. The van der Waals surface area contributed by atoms with Gasteiger partial charge in [-0.05, 0) is 19.8 Å². The number of carbonyl (C=O) groups excluding carboxylic acids is 2. The molecule has 0 radical (unpaired) electrons. The van der Waals surface area contributed by atoms with E-state index in [1.54, 1.807) is 4.90 Å². The first-order chi connectivity index (χ1) is 7.22. The number of carbonyl (C=O) groups is 2. The van der Waals surface area contributed by atoms with Crippen molar-refractivity contribution in [3.8, 4) is 0 Å². The molecule has 3 heteroatoms. The van der Waals surface area contributed by atoms with E-state index >= 15 is 0 Å². The van der Waals surface area contributed by atoms with Gasteiger partial charge in [-0.25, -0.2) is 0 Å². The van der Waals surface area contributed by atoms with Gasteiger partial charge in [0, 0.05) is 31.3 Å². The van der Waals surface area contributed by atoms with E-state index in [9.17, 15) is 9.59 Å². The van der Waals surface area contributed by atoms with Crippen molar-refractivity contribution in [3.05, 3.63) is 0 Å². The number of nitrogens with zero attached hydrogens (tertiary/aromatic N) is 1. The van der Waals surface area contributed by atoms with Crippen LogP contribution in [0.4, 0.5) is 0 Å². The molecule has 1 amide bonds. The van der Waals surface area contributed by atoms with Crippen LogP contribution in [0.5, 0.6) is 0 Å². The maximum absolute atomic E-state index is 12.1. The van der Waals surface area contributed by atoms with Gasteiger partial charge in [-0.15, -0.1) is 0 Å². The fraction of sp³-hybridized carbons (Fsp3) is 0.833. The van der Waals surface area contributed by atoms with Gasteiger partial charge >= 0.3 is 0 Å². The summed E-state index contributed by atoms with van der Waals surface area (Å²) in [4.78, 5) is 25.4. The van der Waals surface area contributed by atoms with E-state index in [0.717, 1.165) is 19.4 Å². The van der Waals surface area contributed by atoms with Gasteiger partial charge in [-0.3, -0.25) is 9.59 Å². The third kappa shape index (κ3) is 2.06. The third-order valence-electron chi connectivity index (χ3n) is 3.76. The molecule has 2 fully saturated rings. The fourth-order valence-electron chi connectivity index (χ4n) is 2.81. The monoisotopic (exact) mass is 209 g/mol. The first kappa shape index (κ1) is 10.7. The second-order valence-corrected chi connectivity index (χ2v) is 4.72. The molecule has 1 aliphatic carbocycles. The van der Waals surface area contributed by atoms with E-state index in [4.69, 9.17) is 0 Å². The number of rotatable bonds is 3. The van der Waals surface area contributed by atoms with Gasteiger partial charge in [-0.1, -0.05) is 12.8 Å². The number of likely N-dealkylation sites (tertiary alicyclic amines) is 1. The molecule has 1 saturated carbocycles. The molecule has 1 aliphatic heterocycles. The topological polar surface area (TPSA) is 37.4 Å². The molecule has 1 unspecified atom stereocenters. The smallest absolute Gasteiger partial charge is 0.223 e. The molecule has 0 aromatic carbocycles. The molecule has 1 heterocycles. The molecule has 0 aromatic heterocycles. The molecule has 1 saturated heterocycles. The highest BCUT2D eigenvalue weighted by atomic mass is 16.2. The Morgan fingerprint density at radius 1 is 1.33 bits per heavy atom. The van der Waals surface area contributed by atoms with Crippen LogP contribution in [0.25, 0.3) is 0 Å². The van der Waals surface area contributed by atoms with Crippen LogP contribution >= 0.6 is 0 Å². The number of hydrogen-bond donors (Lipinski definition) is 0. The van der Waals surface area contributed by atoms with Gasteiger partial charge in [0.1, 0.15) is 5.78 Å². The minimum absolute atomic E-state index is 0.000509. The first-order valence-electron chi connectivity index (χ1n) is 6.04. The zero-order valence-corrected chi connectivity index (χ0v) is 9.37. The summed E-state index contributed by atoms with van der Waals surface area (Å²) in [5.74, 6) is 0.783. The summed E-state index contributed by atoms with van der Waals surface area (Å²) in [6, 6.07) is 0. The van der Waals surface area contributed by atoms with Crippen molar-refractivity contribution in [3.63, 3.8) is 0 Å². The maximum atomic E-state index is 12.1. The van der Waals surface area contributed by atoms with E-state index in [1.807, 2.05) is 6.92 Å². The molecular formula is C12H19NO2. The predicted molar refractivity (Wildman–Crippen MR) is 57.3 cm³/mol. The Balaban J connectivity index is 1.94. The van der Waals surface area contributed by atoms with Crippen molar-refractivity contribution in [1.82, 2.24) is 4.90 Å². The Morgan fingerprint density at radius 3 is 2.53 bits per heavy atom. The Labute approximate surface area is 90.8 Å². The van der Waals surface area contributed by atoms with Gasteiger partial charge < -0.3 is 4.90 Å². The van der Waals surface area contributed by atoms with Crippen LogP contribution in [-0.4, -0.2) is 29.7 Å². The molecule has 0 N–H and O–H groups in total. The van der Waals surface area contributed by atoms with Crippen molar-refractivity contribution in [2.75, 3.05) is 13.1 Å². The predicted octanol–water partition coefficient (Wildman–Crippen LogP) is 1.61. The Bertz CT molecular complexity index is 269. The maximum Gasteiger partial charge on any atom is 0.223 e. The first-order valence-corrected chi connectivity index (χ1v) is 6.04. The third-order valence-corrected chi connectivity index (χ3v) is 3.76. The minimum Gasteiger partial charge on any atom is -0.342 e. The van der Waals surface area contributed by atoms with E-state index in [0.29, 0.717) is 18.7 Å². The summed E-state index contributed by atoms with van der Waals surface area (Å²) in [5, 5.41) is 0. The lowest BCUT2D eigenvalue weighted by Gasteiger charge is -2.15. The molecule has 0 spiro atoms. The highest BCUT2D eigenvalue weighted by Gasteiger charge is 2.37. The Kier molecular flexibility index (Phi) is 3.08. The van der Waals surface area contributed by atoms with Crippen molar-refractivity contribution >= 4 is 11.7 Å². The highest BCUT2D eigenvalue weighted by molar-refractivity contribution is 5.91. The Hall–Kier alpha value is -0.860. The van der Waals surface area contributed by atoms with Crippen molar-refractivity contribution < 1.29 is 9.59 Å². The van der Waals surface area contributed by atoms with Crippen LogP contribution in [-0.2, 0) is 9.59 Å². The summed E-state index contributed by atoms with van der Waals surface area (Å²) >= 11 is 0. The number of amides is 1. The van der Waals surface area contributed by atoms with Crippen LogP contribution in [0.15, 0.2) is 0 Å². The summed E-state index contributed by atoms with van der Waals surface area (Å²) in [5.41, 5.74) is 0. The van der Waals surface area contributed by atoms with E-state index < -0.39 is 0 Å². The van der Waals surface area contributed by atoms with Crippen LogP contribution in [0.3, 0.4) is 0 Å². The van der Waals surface area contributed by atoms with Crippen molar-refractivity contribution in [2.24, 2.45) is 11.8 Å². The van der Waals surface area contributed by atoms with Gasteiger partial charge in [0.25, 0.3) is 0 Å². The van der Waals surface area contributed by atoms with Crippen LogP contribution in [0.2, 0.25) is 0 Å². The summed E-state index contributed by atoms with van der Waals surface area (Å²) in [7, 11) is 0. The molecule has 1 atom stereocenters. The largest absolute Gasteiger partial charge is 0.342 e. The summed E-state index contributed by atoms with van der Waals surface area (Å²) in [6.45, 7) is 3.39. The molecule has 2 rings (SSSR count). The zero-order valence-electron chi connectivity index (χ0n) is 9.37. The van der Waals surface area contributed by atoms with Gasteiger partial charge in [0.15, 0.2) is 0 Å². The quantitative estimate of drug-likeness (QED) is 0.708. The van der Waals surface area contributed by atoms with Gasteiger partial charge in [0.2, 0.25) is 5.91 Å². The molecule has 0 bridgehead atoms. The van der Waals surface area contributed by atoms with Crippen LogP contribution < -0.4 is 0 Å². The Morgan fingerprint density at radius 2 is 2.00 bits per heavy atom. The van der Waals surface area contributed by atoms with E-state index in [-0.39, 0.29) is 17.7 Å². The highest BCUT2D eigenvalue weighted by Crippen LogP contribution is 2.31. The van der Waals surface area contributed by atoms with E-state index in [2.05, 4.69) is 0 Å². The normalized spacial score (nSPS) is 27.7. The lowest BCUT2D eigenvalue weighted by molar-refractivity contribution is -0.129. The molecule has 3 nitrogen and oxygen atoms in total. The molecule has 15 heavy (non-hydrogen) atoms. The standard InChI is InChI=1S/C12H19NO2/c1-2-13-8-10(7-11(13)14)12(15)9-5-3-4-6-9/h9-10H,2-8H2,1H3. The number of ketones is 1. The van der Waals surface area contributed by atoms with Crippen LogP contribution in [0, 0.1) is 11.8 Å². The molecule has 84 valence electrons. The zero-order chi connectivity index (χ0) is 10.8. The van der Waals surface area contributed by atoms with Crippen molar-refractivity contribution in [1.29, 1.82) is 0 Å². The van der Waals surface area contributed by atoms with Gasteiger partial charge in [0.05, 0.1) is 0 Å². The van der Waals surface area contributed by atoms with E-state index in [1.165, 1.54) is 12.8 Å². The average Bonchev–Trinajstić information content (AvgIpc) is 2.85. The molecular weight excluding hydrogens is 190 g/mol. The number of hydrogen-bond acceptors (Lipinski definition) is 2. The number of Topliss-reactive ketones (excluding diaryl/α,β-unsaturated/α-hetero) is 1. The lowest BCUT2D eigenvalue weighted by atomic mass is 9.91. The summed E-state index contributed by atoms with van der Waals surface area (Å²) < 4.78 is 0. The molecule has 0 aromatic rings. The minimum atomic E-state index is 0.000509. The summed E-state index contributed by atoms with van der Waals surface area (Å²) in [6.07, 6.45) is 4.94. The molecule has 2 aliphatic rings. The lowest BCUT2D eigenvalue weighted by Crippen LogP contribution is -2.27. The van der Waals surface area contributed by atoms with Crippen LogP contribution in [0.1, 0.15) is 39.0 Å². The van der Waals surface area contributed by atoms with Gasteiger partial charge in [-0.2, -0.15) is 0 Å². The van der Waals surface area contributed by atoms with Crippen molar-refractivity contribution in [2.45, 2.75) is 39.0 Å². The second-order valence-electron chi connectivity index (χ2n) is 4.72. The fourth-order valence-corrected chi connectivity index (χ4v) is 2.81. The SMILES string of the molecule is CCN1CC(C(=O)C2CCCC2)CC1=O. The average molecular weight is 209 g/mol.